The molecule has 1 rings (SSSR count). The average Bonchev–Trinajstić information content (AvgIpc) is 2.36. The van der Waals surface area contributed by atoms with Gasteiger partial charge in [0.25, 0.3) is 5.91 Å². The first-order chi connectivity index (χ1) is 8.85. The van der Waals surface area contributed by atoms with E-state index in [4.69, 9.17) is 9.84 Å². The fraction of sp³-hybridized carbons (Fsp3) is 0.308. The van der Waals surface area contributed by atoms with Gasteiger partial charge in [-0.25, -0.2) is 9.78 Å². The number of aliphatic carboxylic acids is 1. The number of rotatable bonds is 5. The second kappa shape index (κ2) is 6.10. The minimum atomic E-state index is -1.06. The van der Waals surface area contributed by atoms with Crippen molar-refractivity contribution in [3.63, 3.8) is 0 Å². The second-order valence-electron chi connectivity index (χ2n) is 4.29. The smallest absolute Gasteiger partial charge is 0.328 e. The summed E-state index contributed by atoms with van der Waals surface area (Å²) in [7, 11) is 1.44. The summed E-state index contributed by atoms with van der Waals surface area (Å²) in [6.07, 6.45) is 2.33. The lowest BCUT2D eigenvalue weighted by molar-refractivity contribution is -0.134. The van der Waals surface area contributed by atoms with Crippen molar-refractivity contribution in [2.45, 2.75) is 19.4 Å². The molecule has 0 fully saturated rings. The van der Waals surface area contributed by atoms with Gasteiger partial charge in [0.05, 0.1) is 5.69 Å². The summed E-state index contributed by atoms with van der Waals surface area (Å²) in [6.45, 7) is 3.27. The molecule has 19 heavy (non-hydrogen) atoms. The van der Waals surface area contributed by atoms with E-state index in [1.807, 2.05) is 0 Å². The molecule has 0 aromatic carbocycles. The topological polar surface area (TPSA) is 88.5 Å². The zero-order chi connectivity index (χ0) is 14.5. The zero-order valence-electron chi connectivity index (χ0n) is 11.0. The number of carbonyl (C=O) groups is 2. The summed E-state index contributed by atoms with van der Waals surface area (Å²) in [5.74, 6) is -1.05. The van der Waals surface area contributed by atoms with Crippen LogP contribution < -0.4 is 5.32 Å². The van der Waals surface area contributed by atoms with Crippen LogP contribution in [0.3, 0.4) is 0 Å². The average molecular weight is 264 g/mol. The number of nitrogens with zero attached hydrogens (tertiary/aromatic N) is 1. The van der Waals surface area contributed by atoms with Gasteiger partial charge >= 0.3 is 5.97 Å². The molecular weight excluding hydrogens is 248 g/mol. The fourth-order valence-electron chi connectivity index (χ4n) is 1.13. The van der Waals surface area contributed by atoms with Gasteiger partial charge in [-0.3, -0.25) is 4.79 Å². The molecule has 1 amide bonds. The van der Waals surface area contributed by atoms with Crippen molar-refractivity contribution in [3.8, 4) is 0 Å². The number of hydrogen-bond acceptors (Lipinski definition) is 4. The van der Waals surface area contributed by atoms with Crippen molar-refractivity contribution in [2.24, 2.45) is 0 Å². The molecule has 1 heterocycles. The van der Waals surface area contributed by atoms with Crippen LogP contribution in [-0.4, -0.2) is 34.7 Å². The van der Waals surface area contributed by atoms with Crippen molar-refractivity contribution >= 4 is 23.8 Å². The minimum absolute atomic E-state index is 0.332. The summed E-state index contributed by atoms with van der Waals surface area (Å²) in [4.78, 5) is 26.4. The quantitative estimate of drug-likeness (QED) is 0.787. The highest BCUT2D eigenvalue weighted by Crippen LogP contribution is 2.12. The number of pyridine rings is 1. The van der Waals surface area contributed by atoms with Crippen LogP contribution in [0.1, 0.15) is 19.5 Å². The van der Waals surface area contributed by atoms with Crippen molar-refractivity contribution in [2.75, 3.05) is 12.4 Å². The van der Waals surface area contributed by atoms with E-state index in [2.05, 4.69) is 10.3 Å². The molecule has 0 bridgehead atoms. The number of hydrogen-bond donors (Lipinski definition) is 2. The van der Waals surface area contributed by atoms with Crippen molar-refractivity contribution < 1.29 is 19.4 Å². The van der Waals surface area contributed by atoms with Crippen LogP contribution in [0.15, 0.2) is 24.3 Å². The van der Waals surface area contributed by atoms with Crippen LogP contribution >= 0.6 is 0 Å². The molecule has 0 spiro atoms. The number of carboxylic acids is 1. The summed E-state index contributed by atoms with van der Waals surface area (Å²) < 4.78 is 5.05. The number of amides is 1. The molecule has 0 aliphatic heterocycles. The van der Waals surface area contributed by atoms with Gasteiger partial charge in [0.1, 0.15) is 11.4 Å². The highest BCUT2D eigenvalue weighted by atomic mass is 16.5. The van der Waals surface area contributed by atoms with Gasteiger partial charge < -0.3 is 15.2 Å². The Morgan fingerprint density at radius 3 is 2.68 bits per heavy atom. The maximum absolute atomic E-state index is 11.9. The SMILES string of the molecule is COC(C)(C)C(=O)Nc1cccc(/C=C/C(=O)O)n1. The van der Waals surface area contributed by atoms with Gasteiger partial charge in [-0.05, 0) is 32.1 Å². The highest BCUT2D eigenvalue weighted by Gasteiger charge is 2.27. The third kappa shape index (κ3) is 4.51. The van der Waals surface area contributed by atoms with Gasteiger partial charge in [-0.1, -0.05) is 6.07 Å². The zero-order valence-corrected chi connectivity index (χ0v) is 11.0. The molecule has 0 unspecified atom stereocenters. The number of carbonyl (C=O) groups excluding carboxylic acids is 1. The Kier molecular flexibility index (Phi) is 4.77. The van der Waals surface area contributed by atoms with Crippen molar-refractivity contribution in [1.82, 2.24) is 4.98 Å². The molecule has 0 atom stereocenters. The fourth-order valence-corrected chi connectivity index (χ4v) is 1.13. The van der Waals surface area contributed by atoms with Gasteiger partial charge in [0.2, 0.25) is 0 Å². The highest BCUT2D eigenvalue weighted by molar-refractivity contribution is 5.96. The summed E-state index contributed by atoms with van der Waals surface area (Å²) in [6, 6.07) is 4.92. The van der Waals surface area contributed by atoms with Crippen LogP contribution in [-0.2, 0) is 14.3 Å². The van der Waals surface area contributed by atoms with E-state index in [1.54, 1.807) is 32.0 Å². The van der Waals surface area contributed by atoms with E-state index in [-0.39, 0.29) is 5.91 Å². The van der Waals surface area contributed by atoms with E-state index in [1.165, 1.54) is 13.2 Å². The molecule has 0 radical (unpaired) electrons. The molecular formula is C13H16N2O4. The van der Waals surface area contributed by atoms with Crippen LogP contribution in [0.25, 0.3) is 6.08 Å². The Morgan fingerprint density at radius 2 is 2.11 bits per heavy atom. The number of carboxylic acid groups (broad SMARTS) is 1. The molecule has 102 valence electrons. The largest absolute Gasteiger partial charge is 0.478 e. The Bertz CT molecular complexity index is 509. The maximum atomic E-state index is 11.9. The second-order valence-corrected chi connectivity index (χ2v) is 4.29. The number of nitrogens with one attached hydrogen (secondary N) is 1. The van der Waals surface area contributed by atoms with Gasteiger partial charge in [-0.2, -0.15) is 0 Å². The summed E-state index contributed by atoms with van der Waals surface area (Å²) in [5, 5.41) is 11.1. The monoisotopic (exact) mass is 264 g/mol. The molecule has 0 aliphatic carbocycles. The third-order valence-corrected chi connectivity index (χ3v) is 2.47. The molecule has 1 aromatic heterocycles. The van der Waals surface area contributed by atoms with Crippen LogP contribution in [0.4, 0.5) is 5.82 Å². The van der Waals surface area contributed by atoms with Gasteiger partial charge in [0.15, 0.2) is 0 Å². The van der Waals surface area contributed by atoms with E-state index in [0.29, 0.717) is 11.5 Å². The maximum Gasteiger partial charge on any atom is 0.328 e. The number of aromatic nitrogens is 1. The van der Waals surface area contributed by atoms with Crippen molar-refractivity contribution in [1.29, 1.82) is 0 Å². The predicted molar refractivity (Wildman–Crippen MR) is 70.6 cm³/mol. The number of ether oxygens (including phenoxy) is 1. The first kappa shape index (κ1) is 14.8. The number of methoxy groups -OCH3 is 1. The normalized spacial score (nSPS) is 11.5. The molecule has 6 nitrogen and oxygen atoms in total. The Morgan fingerprint density at radius 1 is 1.42 bits per heavy atom. The van der Waals surface area contributed by atoms with E-state index in [0.717, 1.165) is 6.08 Å². The summed E-state index contributed by atoms with van der Waals surface area (Å²) >= 11 is 0. The Balaban J connectivity index is 2.83. The predicted octanol–water partition coefficient (Wildman–Crippen LogP) is 1.54. The minimum Gasteiger partial charge on any atom is -0.478 e. The van der Waals surface area contributed by atoms with E-state index in [9.17, 15) is 9.59 Å². The van der Waals surface area contributed by atoms with Gasteiger partial charge in [-0.15, -0.1) is 0 Å². The van der Waals surface area contributed by atoms with Crippen LogP contribution in [0, 0.1) is 0 Å². The molecule has 0 aliphatic rings. The first-order valence-corrected chi connectivity index (χ1v) is 5.60. The third-order valence-electron chi connectivity index (χ3n) is 2.47. The molecule has 1 aromatic rings. The van der Waals surface area contributed by atoms with Gasteiger partial charge in [0, 0.05) is 13.2 Å². The summed E-state index contributed by atoms with van der Waals surface area (Å²) in [5.41, 5.74) is -0.523. The Labute approximate surface area is 111 Å². The number of anilines is 1. The molecule has 2 N–H and O–H groups in total. The van der Waals surface area contributed by atoms with Crippen LogP contribution in [0.5, 0.6) is 0 Å². The van der Waals surface area contributed by atoms with Crippen LogP contribution in [0.2, 0.25) is 0 Å². The van der Waals surface area contributed by atoms with E-state index >= 15 is 0 Å². The molecule has 0 saturated heterocycles. The molecule has 0 saturated carbocycles. The Hall–Kier alpha value is -2.21. The lowest BCUT2D eigenvalue weighted by Gasteiger charge is -2.21. The first-order valence-electron chi connectivity index (χ1n) is 5.60. The van der Waals surface area contributed by atoms with Crippen molar-refractivity contribution in [3.05, 3.63) is 30.0 Å². The lowest BCUT2D eigenvalue weighted by atomic mass is 10.1. The lowest BCUT2D eigenvalue weighted by Crippen LogP contribution is -2.39. The standard InChI is InChI=1S/C13H16N2O4/c1-13(2,19-3)12(18)15-10-6-4-5-9(14-10)7-8-11(16)17/h4-8H,1-3H3,(H,16,17)(H,14,15,18)/b8-7+. The van der Waals surface area contributed by atoms with E-state index < -0.39 is 11.6 Å². The molecule has 6 heteroatoms.